The van der Waals surface area contributed by atoms with Gasteiger partial charge in [-0.05, 0) is 49.9 Å². The van der Waals surface area contributed by atoms with Gasteiger partial charge in [-0.25, -0.2) is 0 Å². The summed E-state index contributed by atoms with van der Waals surface area (Å²) < 4.78 is 2.13. The SMILES string of the molecule is Cn1ccc2cc(NC3CCC(O)CC3)ccc21. The van der Waals surface area contributed by atoms with Crippen LogP contribution in [0.5, 0.6) is 0 Å². The Balaban J connectivity index is 1.74. The fourth-order valence-electron chi connectivity index (χ4n) is 2.83. The van der Waals surface area contributed by atoms with Crippen molar-refractivity contribution < 1.29 is 5.11 Å². The molecule has 1 saturated carbocycles. The molecule has 0 unspecified atom stereocenters. The van der Waals surface area contributed by atoms with Crippen LogP contribution in [0, 0.1) is 0 Å². The minimum atomic E-state index is -0.0837. The number of nitrogens with one attached hydrogen (secondary N) is 1. The smallest absolute Gasteiger partial charge is 0.0541 e. The highest BCUT2D eigenvalue weighted by Crippen LogP contribution is 2.24. The minimum absolute atomic E-state index is 0.0837. The summed E-state index contributed by atoms with van der Waals surface area (Å²) in [6, 6.07) is 9.17. The molecule has 1 aromatic heterocycles. The Kier molecular flexibility index (Phi) is 3.00. The van der Waals surface area contributed by atoms with Gasteiger partial charge in [0.05, 0.1) is 6.10 Å². The van der Waals surface area contributed by atoms with E-state index in [0.29, 0.717) is 6.04 Å². The Hall–Kier alpha value is -1.48. The van der Waals surface area contributed by atoms with Crippen LogP contribution in [0.25, 0.3) is 10.9 Å². The van der Waals surface area contributed by atoms with E-state index in [1.807, 2.05) is 0 Å². The molecule has 0 aliphatic heterocycles. The predicted octanol–water partition coefficient (Wildman–Crippen LogP) is 2.89. The first kappa shape index (κ1) is 11.6. The van der Waals surface area contributed by atoms with Gasteiger partial charge >= 0.3 is 0 Å². The van der Waals surface area contributed by atoms with Crippen LogP contribution in [-0.4, -0.2) is 21.8 Å². The quantitative estimate of drug-likeness (QED) is 0.852. The van der Waals surface area contributed by atoms with Crippen LogP contribution in [0.1, 0.15) is 25.7 Å². The van der Waals surface area contributed by atoms with Crippen molar-refractivity contribution in [2.75, 3.05) is 5.32 Å². The van der Waals surface area contributed by atoms with Gasteiger partial charge in [0.15, 0.2) is 0 Å². The molecule has 0 bridgehead atoms. The summed E-state index contributed by atoms with van der Waals surface area (Å²) in [7, 11) is 2.07. The second-order valence-corrected chi connectivity index (χ2v) is 5.35. The Labute approximate surface area is 107 Å². The Morgan fingerprint density at radius 2 is 1.94 bits per heavy atom. The van der Waals surface area contributed by atoms with Crippen molar-refractivity contribution in [1.29, 1.82) is 0 Å². The molecule has 0 atom stereocenters. The van der Waals surface area contributed by atoms with Gasteiger partial charge < -0.3 is 15.0 Å². The number of aliphatic hydroxyl groups is 1. The summed E-state index contributed by atoms with van der Waals surface area (Å²) in [6.07, 6.45) is 5.98. The first-order valence-corrected chi connectivity index (χ1v) is 6.72. The molecule has 1 aromatic carbocycles. The summed E-state index contributed by atoms with van der Waals surface area (Å²) in [5.41, 5.74) is 2.45. The number of benzene rings is 1. The molecule has 2 N–H and O–H groups in total. The van der Waals surface area contributed by atoms with Crippen molar-refractivity contribution in [2.45, 2.75) is 37.8 Å². The lowest BCUT2D eigenvalue weighted by atomic mass is 9.93. The number of nitrogens with zero attached hydrogens (tertiary/aromatic N) is 1. The molecule has 3 nitrogen and oxygen atoms in total. The van der Waals surface area contributed by atoms with E-state index in [1.54, 1.807) is 0 Å². The maximum absolute atomic E-state index is 9.51. The summed E-state index contributed by atoms with van der Waals surface area (Å²) in [6.45, 7) is 0. The lowest BCUT2D eigenvalue weighted by Crippen LogP contribution is -2.28. The Morgan fingerprint density at radius 1 is 1.17 bits per heavy atom. The number of aromatic nitrogens is 1. The van der Waals surface area contributed by atoms with E-state index < -0.39 is 0 Å². The van der Waals surface area contributed by atoms with Crippen LogP contribution in [-0.2, 0) is 7.05 Å². The average Bonchev–Trinajstić information content (AvgIpc) is 2.74. The summed E-state index contributed by atoms with van der Waals surface area (Å²) in [5, 5.41) is 14.4. The van der Waals surface area contributed by atoms with Gasteiger partial charge in [-0.3, -0.25) is 0 Å². The number of rotatable bonds is 2. The standard InChI is InChI=1S/C15H20N2O/c1-17-9-8-11-10-13(4-7-15(11)17)16-12-2-5-14(18)6-3-12/h4,7-10,12,14,16,18H,2-3,5-6H2,1H3. The van der Waals surface area contributed by atoms with Crippen molar-refractivity contribution in [3.63, 3.8) is 0 Å². The number of hydrogen-bond acceptors (Lipinski definition) is 2. The van der Waals surface area contributed by atoms with Crippen molar-refractivity contribution in [2.24, 2.45) is 7.05 Å². The van der Waals surface area contributed by atoms with E-state index in [0.717, 1.165) is 25.7 Å². The van der Waals surface area contributed by atoms with Crippen LogP contribution >= 0.6 is 0 Å². The second-order valence-electron chi connectivity index (χ2n) is 5.35. The molecule has 0 spiro atoms. The zero-order valence-electron chi connectivity index (χ0n) is 10.8. The van der Waals surface area contributed by atoms with Gasteiger partial charge in [-0.2, -0.15) is 0 Å². The highest BCUT2D eigenvalue weighted by molar-refractivity contribution is 5.83. The second kappa shape index (κ2) is 4.65. The molecule has 3 rings (SSSR count). The van der Waals surface area contributed by atoms with Gasteiger partial charge in [0.25, 0.3) is 0 Å². The fourth-order valence-corrected chi connectivity index (χ4v) is 2.83. The maximum atomic E-state index is 9.51. The van der Waals surface area contributed by atoms with E-state index >= 15 is 0 Å². The highest BCUT2D eigenvalue weighted by Gasteiger charge is 2.18. The highest BCUT2D eigenvalue weighted by atomic mass is 16.3. The zero-order valence-corrected chi connectivity index (χ0v) is 10.8. The van der Waals surface area contributed by atoms with Gasteiger partial charge in [-0.1, -0.05) is 0 Å². The van der Waals surface area contributed by atoms with E-state index in [-0.39, 0.29) is 6.10 Å². The third kappa shape index (κ3) is 2.23. The normalized spacial score (nSPS) is 24.3. The number of aliphatic hydroxyl groups excluding tert-OH is 1. The van der Waals surface area contributed by atoms with Crippen molar-refractivity contribution in [3.8, 4) is 0 Å². The van der Waals surface area contributed by atoms with Crippen LogP contribution in [0.3, 0.4) is 0 Å². The molecular weight excluding hydrogens is 224 g/mol. The van der Waals surface area contributed by atoms with Gasteiger partial charge in [0.2, 0.25) is 0 Å². The van der Waals surface area contributed by atoms with E-state index in [9.17, 15) is 5.11 Å². The van der Waals surface area contributed by atoms with Crippen LogP contribution in [0.15, 0.2) is 30.5 Å². The molecule has 0 radical (unpaired) electrons. The molecule has 18 heavy (non-hydrogen) atoms. The van der Waals surface area contributed by atoms with Crippen molar-refractivity contribution in [3.05, 3.63) is 30.5 Å². The Morgan fingerprint density at radius 3 is 2.72 bits per heavy atom. The predicted molar refractivity (Wildman–Crippen MR) is 74.8 cm³/mol. The van der Waals surface area contributed by atoms with E-state index in [2.05, 4.69) is 47.4 Å². The average molecular weight is 244 g/mol. The minimum Gasteiger partial charge on any atom is -0.393 e. The lowest BCUT2D eigenvalue weighted by molar-refractivity contribution is 0.126. The monoisotopic (exact) mass is 244 g/mol. The summed E-state index contributed by atoms with van der Waals surface area (Å²) in [4.78, 5) is 0. The van der Waals surface area contributed by atoms with Gasteiger partial charge in [0, 0.05) is 35.9 Å². The molecule has 3 heteroatoms. The number of aryl methyl sites for hydroxylation is 1. The van der Waals surface area contributed by atoms with E-state index in [1.165, 1.54) is 16.6 Å². The first-order valence-electron chi connectivity index (χ1n) is 6.72. The topological polar surface area (TPSA) is 37.2 Å². The van der Waals surface area contributed by atoms with E-state index in [4.69, 9.17) is 0 Å². The van der Waals surface area contributed by atoms with Crippen LogP contribution in [0.2, 0.25) is 0 Å². The van der Waals surface area contributed by atoms with Crippen molar-refractivity contribution in [1.82, 2.24) is 4.57 Å². The first-order chi connectivity index (χ1) is 8.72. The molecule has 1 aliphatic rings. The van der Waals surface area contributed by atoms with Gasteiger partial charge in [0.1, 0.15) is 0 Å². The maximum Gasteiger partial charge on any atom is 0.0541 e. The summed E-state index contributed by atoms with van der Waals surface area (Å²) in [5.74, 6) is 0. The van der Waals surface area contributed by atoms with Gasteiger partial charge in [-0.15, -0.1) is 0 Å². The number of hydrogen-bond donors (Lipinski definition) is 2. The molecule has 0 amide bonds. The molecule has 0 saturated heterocycles. The fraction of sp³-hybridized carbons (Fsp3) is 0.467. The molecule has 1 heterocycles. The zero-order chi connectivity index (χ0) is 12.5. The molecule has 1 fully saturated rings. The molecule has 1 aliphatic carbocycles. The molecule has 96 valence electrons. The number of anilines is 1. The largest absolute Gasteiger partial charge is 0.393 e. The lowest BCUT2D eigenvalue weighted by Gasteiger charge is -2.27. The third-order valence-electron chi connectivity index (χ3n) is 3.95. The van der Waals surface area contributed by atoms with Crippen molar-refractivity contribution >= 4 is 16.6 Å². The summed E-state index contributed by atoms with van der Waals surface area (Å²) >= 11 is 0. The third-order valence-corrected chi connectivity index (χ3v) is 3.95. The number of fused-ring (bicyclic) bond motifs is 1. The Bertz CT molecular complexity index is 538. The van der Waals surface area contributed by atoms with Crippen LogP contribution < -0.4 is 5.32 Å². The molecule has 2 aromatic rings. The molecular formula is C15H20N2O. The van der Waals surface area contributed by atoms with Crippen LogP contribution in [0.4, 0.5) is 5.69 Å².